The van der Waals surface area contributed by atoms with Crippen LogP contribution in [0.2, 0.25) is 0 Å². The number of nitrogens with one attached hydrogen (secondary N) is 3. The highest BCUT2D eigenvalue weighted by Crippen LogP contribution is 2.32. The number of hydrogen-bond donors (Lipinski definition) is 3. The molecular formula is C25H22F3N5O2S. The van der Waals surface area contributed by atoms with Crippen molar-refractivity contribution in [3.63, 3.8) is 0 Å². The molecule has 0 saturated carbocycles. The summed E-state index contributed by atoms with van der Waals surface area (Å²) in [6.07, 6.45) is -1.67. The number of benzene rings is 2. The van der Waals surface area contributed by atoms with E-state index >= 15 is 0 Å². The molecule has 186 valence electrons. The van der Waals surface area contributed by atoms with Crippen LogP contribution >= 0.6 is 11.3 Å². The summed E-state index contributed by atoms with van der Waals surface area (Å²) >= 11 is 1.57. The molecule has 7 nitrogen and oxygen atoms in total. The summed E-state index contributed by atoms with van der Waals surface area (Å²) in [5.41, 5.74) is 0.145. The molecule has 2 amide bonds. The van der Waals surface area contributed by atoms with Crippen molar-refractivity contribution in [2.75, 3.05) is 22.5 Å². The summed E-state index contributed by atoms with van der Waals surface area (Å²) in [5, 5.41) is 8.99. The third kappa shape index (κ3) is 6.72. The standard InChI is InChI=1S/C25H22F3N5O2S/c1-2-13-29-24-30-15-20(36-24)16-9-11-19(12-10-16)35-22-8-4-7-21(32-22)33-23(34)31-18-6-3-5-17(14-18)25(26,27)28/h3-12,14-15H,2,13H2,1H3,(H,29,30)(H2,31,32,33,34). The van der Waals surface area contributed by atoms with Crippen LogP contribution in [0.25, 0.3) is 10.4 Å². The number of nitrogens with zero attached hydrogens (tertiary/aromatic N) is 2. The number of hydrogen-bond acceptors (Lipinski definition) is 6. The molecule has 36 heavy (non-hydrogen) atoms. The number of amides is 2. The third-order valence-electron chi connectivity index (χ3n) is 4.81. The maximum Gasteiger partial charge on any atom is 0.416 e. The summed E-state index contributed by atoms with van der Waals surface area (Å²) in [7, 11) is 0. The van der Waals surface area contributed by atoms with E-state index in [0.29, 0.717) is 5.75 Å². The summed E-state index contributed by atoms with van der Waals surface area (Å²) < 4.78 is 44.4. The Balaban J connectivity index is 1.36. The number of thiazole rings is 1. The molecule has 0 spiro atoms. The van der Waals surface area contributed by atoms with E-state index in [1.54, 1.807) is 35.6 Å². The molecule has 0 fully saturated rings. The van der Waals surface area contributed by atoms with Gasteiger partial charge in [0.15, 0.2) is 5.13 Å². The second-order valence-corrected chi connectivity index (χ2v) is 8.63. The van der Waals surface area contributed by atoms with E-state index in [1.165, 1.54) is 18.2 Å². The average molecular weight is 514 g/mol. The van der Waals surface area contributed by atoms with Crippen molar-refractivity contribution < 1.29 is 22.7 Å². The molecule has 2 aromatic heterocycles. The SMILES string of the molecule is CCCNc1ncc(-c2ccc(Oc3cccc(NC(=O)Nc4cccc(C(F)(F)F)c4)n3)cc2)s1. The normalized spacial score (nSPS) is 11.1. The number of carbonyl (C=O) groups excluding carboxylic acids is 1. The van der Waals surface area contributed by atoms with E-state index in [4.69, 9.17) is 4.74 Å². The smallest absolute Gasteiger partial charge is 0.416 e. The predicted molar refractivity (Wildman–Crippen MR) is 135 cm³/mol. The minimum Gasteiger partial charge on any atom is -0.439 e. The third-order valence-corrected chi connectivity index (χ3v) is 5.81. The van der Waals surface area contributed by atoms with Crippen LogP contribution in [0, 0.1) is 0 Å². The van der Waals surface area contributed by atoms with Gasteiger partial charge in [0.2, 0.25) is 5.88 Å². The van der Waals surface area contributed by atoms with Gasteiger partial charge in [-0.05, 0) is 60.5 Å². The van der Waals surface area contributed by atoms with E-state index in [9.17, 15) is 18.0 Å². The largest absolute Gasteiger partial charge is 0.439 e. The van der Waals surface area contributed by atoms with Crippen LogP contribution in [0.4, 0.5) is 34.6 Å². The highest BCUT2D eigenvalue weighted by atomic mass is 32.1. The Morgan fingerprint density at radius 1 is 1.03 bits per heavy atom. The van der Waals surface area contributed by atoms with Gasteiger partial charge in [-0.25, -0.2) is 9.78 Å². The minimum absolute atomic E-state index is 0.00373. The van der Waals surface area contributed by atoms with Gasteiger partial charge < -0.3 is 15.4 Å². The van der Waals surface area contributed by atoms with Crippen LogP contribution in [0.3, 0.4) is 0 Å². The van der Waals surface area contributed by atoms with Crippen molar-refractivity contribution in [2.24, 2.45) is 0 Å². The van der Waals surface area contributed by atoms with Crippen molar-refractivity contribution in [1.29, 1.82) is 0 Å². The topological polar surface area (TPSA) is 88.2 Å². The molecule has 0 aliphatic rings. The van der Waals surface area contributed by atoms with Gasteiger partial charge in [-0.1, -0.05) is 30.4 Å². The maximum atomic E-state index is 12.9. The second kappa shape index (κ2) is 11.1. The van der Waals surface area contributed by atoms with E-state index in [2.05, 4.69) is 32.8 Å². The fourth-order valence-corrected chi connectivity index (χ4v) is 3.97. The first-order valence-electron chi connectivity index (χ1n) is 11.0. The lowest BCUT2D eigenvalue weighted by molar-refractivity contribution is -0.137. The molecule has 0 bridgehead atoms. The number of ether oxygens (including phenoxy) is 1. The number of pyridine rings is 1. The predicted octanol–water partition coefficient (Wildman–Crippen LogP) is 7.48. The van der Waals surface area contributed by atoms with E-state index in [1.807, 2.05) is 18.3 Å². The number of anilines is 3. The van der Waals surface area contributed by atoms with Crippen LogP contribution < -0.4 is 20.7 Å². The van der Waals surface area contributed by atoms with Gasteiger partial charge in [-0.2, -0.15) is 18.2 Å². The van der Waals surface area contributed by atoms with Crippen LogP contribution in [-0.2, 0) is 6.18 Å². The zero-order chi connectivity index (χ0) is 25.5. The van der Waals surface area contributed by atoms with E-state index in [-0.39, 0.29) is 17.4 Å². The van der Waals surface area contributed by atoms with Gasteiger partial charge in [-0.3, -0.25) is 5.32 Å². The highest BCUT2D eigenvalue weighted by Gasteiger charge is 2.30. The van der Waals surface area contributed by atoms with Crippen molar-refractivity contribution >= 4 is 34.0 Å². The molecule has 0 unspecified atom stereocenters. The molecule has 4 rings (SSSR count). The van der Waals surface area contributed by atoms with Gasteiger partial charge in [0.25, 0.3) is 0 Å². The molecule has 0 aliphatic carbocycles. The van der Waals surface area contributed by atoms with Crippen molar-refractivity contribution in [1.82, 2.24) is 9.97 Å². The Hall–Kier alpha value is -4.12. The Morgan fingerprint density at radius 3 is 2.56 bits per heavy atom. The van der Waals surface area contributed by atoms with Crippen LogP contribution in [0.5, 0.6) is 11.6 Å². The lowest BCUT2D eigenvalue weighted by Crippen LogP contribution is -2.20. The molecule has 3 N–H and O–H groups in total. The molecule has 0 aliphatic heterocycles. The second-order valence-electron chi connectivity index (χ2n) is 7.60. The lowest BCUT2D eigenvalue weighted by atomic mass is 10.2. The number of aromatic nitrogens is 2. The maximum absolute atomic E-state index is 12.9. The van der Waals surface area contributed by atoms with E-state index < -0.39 is 17.8 Å². The molecule has 11 heteroatoms. The zero-order valence-electron chi connectivity index (χ0n) is 19.1. The Bertz CT molecular complexity index is 1330. The molecular weight excluding hydrogens is 491 g/mol. The molecule has 0 atom stereocenters. The summed E-state index contributed by atoms with van der Waals surface area (Å²) in [6, 6.07) is 15.9. The molecule has 2 aromatic carbocycles. The van der Waals surface area contributed by atoms with Gasteiger partial charge in [0.05, 0.1) is 10.4 Å². The summed E-state index contributed by atoms with van der Waals surface area (Å²) in [6.45, 7) is 2.96. The number of carbonyl (C=O) groups is 1. The van der Waals surface area contributed by atoms with Crippen molar-refractivity contribution in [2.45, 2.75) is 19.5 Å². The van der Waals surface area contributed by atoms with E-state index in [0.717, 1.165) is 40.7 Å². The number of alkyl halides is 3. The molecule has 4 aromatic rings. The Morgan fingerprint density at radius 2 is 1.81 bits per heavy atom. The van der Waals surface area contributed by atoms with Gasteiger partial charge in [0.1, 0.15) is 11.6 Å². The minimum atomic E-state index is -4.50. The number of halogens is 3. The van der Waals surface area contributed by atoms with Gasteiger partial charge in [-0.15, -0.1) is 0 Å². The fourth-order valence-electron chi connectivity index (χ4n) is 3.12. The van der Waals surface area contributed by atoms with Crippen LogP contribution in [0.15, 0.2) is 72.9 Å². The van der Waals surface area contributed by atoms with Crippen molar-refractivity contribution in [3.8, 4) is 22.1 Å². The zero-order valence-corrected chi connectivity index (χ0v) is 19.9. The first-order chi connectivity index (χ1) is 17.3. The molecule has 0 saturated heterocycles. The monoisotopic (exact) mass is 513 g/mol. The first-order valence-corrected chi connectivity index (χ1v) is 11.8. The molecule has 0 radical (unpaired) electrons. The lowest BCUT2D eigenvalue weighted by Gasteiger charge is -2.11. The Labute approximate surface area is 209 Å². The van der Waals surface area contributed by atoms with Crippen LogP contribution in [0.1, 0.15) is 18.9 Å². The summed E-state index contributed by atoms with van der Waals surface area (Å²) in [4.78, 5) is 21.9. The quantitative estimate of drug-likeness (QED) is 0.227. The highest BCUT2D eigenvalue weighted by molar-refractivity contribution is 7.18. The average Bonchev–Trinajstić information content (AvgIpc) is 3.32. The Kier molecular flexibility index (Phi) is 7.69. The first kappa shape index (κ1) is 25.0. The van der Waals surface area contributed by atoms with Crippen molar-refractivity contribution in [3.05, 3.63) is 78.5 Å². The summed E-state index contributed by atoms with van der Waals surface area (Å²) in [5.74, 6) is 0.958. The fraction of sp³-hybridized carbons (Fsp3) is 0.160. The van der Waals surface area contributed by atoms with Gasteiger partial charge >= 0.3 is 12.2 Å². The molecule has 2 heterocycles. The van der Waals surface area contributed by atoms with Crippen LogP contribution in [-0.4, -0.2) is 22.5 Å². The van der Waals surface area contributed by atoms with Gasteiger partial charge in [0, 0.05) is 24.5 Å². The number of rotatable bonds is 8. The number of urea groups is 1.